The molecule has 4 heteroatoms. The minimum atomic E-state index is 0.471. The number of carbonyl (C=O) groups excluding carboxylic acids is 2. The van der Waals surface area contributed by atoms with E-state index in [1.54, 1.807) is 4.90 Å². The Labute approximate surface area is 108 Å². The van der Waals surface area contributed by atoms with E-state index >= 15 is 0 Å². The summed E-state index contributed by atoms with van der Waals surface area (Å²) in [7, 11) is 0. The summed E-state index contributed by atoms with van der Waals surface area (Å²) in [5.41, 5.74) is 8.33. The first kappa shape index (κ1) is 14.2. The van der Waals surface area contributed by atoms with Crippen LogP contribution < -0.4 is 10.6 Å². The second kappa shape index (κ2) is 7.48. The molecule has 0 aromatic heterocycles. The van der Waals surface area contributed by atoms with Crippen molar-refractivity contribution in [3.05, 3.63) is 23.8 Å². The van der Waals surface area contributed by atoms with Gasteiger partial charge in [-0.05, 0) is 37.5 Å². The van der Waals surface area contributed by atoms with Crippen LogP contribution in [0.1, 0.15) is 31.2 Å². The number of amides is 1. The van der Waals surface area contributed by atoms with Crippen LogP contribution in [0, 0.1) is 6.92 Å². The molecule has 0 aliphatic heterocycles. The Morgan fingerprint density at radius 2 is 2.11 bits per heavy atom. The van der Waals surface area contributed by atoms with Gasteiger partial charge in [0.1, 0.15) is 0 Å². The van der Waals surface area contributed by atoms with Crippen molar-refractivity contribution >= 4 is 24.1 Å². The summed E-state index contributed by atoms with van der Waals surface area (Å²) in [5.74, 6) is 0. The average Bonchev–Trinajstić information content (AvgIpc) is 2.37. The number of rotatable bonds is 8. The average molecular weight is 247 g/mol. The van der Waals surface area contributed by atoms with E-state index < -0.39 is 0 Å². The third-order valence-electron chi connectivity index (χ3n) is 2.90. The molecular weight excluding hydrogens is 228 g/mol. The summed E-state index contributed by atoms with van der Waals surface area (Å²) in [6.07, 6.45) is 5.76. The molecule has 2 N–H and O–H groups in total. The van der Waals surface area contributed by atoms with Gasteiger partial charge in [0.15, 0.2) is 6.29 Å². The number of hydrogen-bond donors (Lipinski definition) is 1. The maximum absolute atomic E-state index is 11.0. The second-order valence-corrected chi connectivity index (χ2v) is 4.29. The van der Waals surface area contributed by atoms with Crippen molar-refractivity contribution in [3.8, 4) is 0 Å². The normalized spacial score (nSPS) is 10.1. The number of aryl methyl sites for hydroxylation is 1. The fourth-order valence-corrected chi connectivity index (χ4v) is 1.71. The Balaban J connectivity index is 2.52. The smallest absolute Gasteiger partial charge is 0.214 e. The molecule has 18 heavy (non-hydrogen) atoms. The first-order valence-corrected chi connectivity index (χ1v) is 6.12. The van der Waals surface area contributed by atoms with Crippen molar-refractivity contribution in [3.63, 3.8) is 0 Å². The molecule has 1 rings (SSSR count). The largest absolute Gasteiger partial charge is 0.398 e. The van der Waals surface area contributed by atoms with Gasteiger partial charge in [0.25, 0.3) is 0 Å². The van der Waals surface area contributed by atoms with Crippen LogP contribution in [0.5, 0.6) is 0 Å². The first-order chi connectivity index (χ1) is 8.69. The molecule has 1 aromatic rings. The number of carbonyl (C=O) groups is 1. The number of benzene rings is 1. The molecular formula is C14H19N2O2. The molecule has 0 heterocycles. The van der Waals surface area contributed by atoms with Crippen molar-refractivity contribution in [1.82, 2.24) is 0 Å². The third kappa shape index (κ3) is 4.20. The summed E-state index contributed by atoms with van der Waals surface area (Å²) in [6.45, 7) is 2.57. The number of nitrogen functional groups attached to an aromatic ring is 1. The Bertz CT molecular complexity index is 405. The van der Waals surface area contributed by atoms with Crippen LogP contribution in [0.15, 0.2) is 18.2 Å². The van der Waals surface area contributed by atoms with Gasteiger partial charge in [0.2, 0.25) is 6.41 Å². The first-order valence-electron chi connectivity index (χ1n) is 6.12. The quantitative estimate of drug-likeness (QED) is 0.435. The standard InChI is InChI=1S/C14H19N2O2/c1-12-6-7-13(10-14(12)15)16(11-18)8-4-2-3-5-9-17/h6-7,10-11H,2-5,8,15H2,1H3. The molecule has 1 aromatic carbocycles. The number of anilines is 2. The molecule has 0 fully saturated rings. The van der Waals surface area contributed by atoms with Gasteiger partial charge in [-0.1, -0.05) is 12.5 Å². The number of nitrogens with two attached hydrogens (primary N) is 1. The summed E-state index contributed by atoms with van der Waals surface area (Å²) in [5, 5.41) is 0. The molecule has 4 nitrogen and oxygen atoms in total. The summed E-state index contributed by atoms with van der Waals surface area (Å²) >= 11 is 0. The highest BCUT2D eigenvalue weighted by Gasteiger charge is 2.06. The van der Waals surface area contributed by atoms with Crippen LogP contribution in [0.3, 0.4) is 0 Å². The van der Waals surface area contributed by atoms with Gasteiger partial charge in [-0.3, -0.25) is 9.59 Å². The SMILES string of the molecule is Cc1ccc(N(C=O)CCCCC[C]=O)cc1N. The zero-order valence-corrected chi connectivity index (χ0v) is 10.7. The molecule has 0 saturated heterocycles. The van der Waals surface area contributed by atoms with Crippen molar-refractivity contribution in [1.29, 1.82) is 0 Å². The van der Waals surface area contributed by atoms with Crippen molar-refractivity contribution in [2.45, 2.75) is 32.6 Å². The maximum Gasteiger partial charge on any atom is 0.214 e. The van der Waals surface area contributed by atoms with E-state index in [0.717, 1.165) is 36.9 Å². The van der Waals surface area contributed by atoms with Crippen LogP contribution in [0.4, 0.5) is 11.4 Å². The molecule has 1 radical (unpaired) electrons. The van der Waals surface area contributed by atoms with Gasteiger partial charge < -0.3 is 10.6 Å². The predicted molar refractivity (Wildman–Crippen MR) is 73.2 cm³/mol. The molecule has 0 aliphatic carbocycles. The van der Waals surface area contributed by atoms with Crippen LogP contribution in [0.25, 0.3) is 0 Å². The topological polar surface area (TPSA) is 63.4 Å². The fourth-order valence-electron chi connectivity index (χ4n) is 1.71. The van der Waals surface area contributed by atoms with E-state index in [9.17, 15) is 9.59 Å². The lowest BCUT2D eigenvalue weighted by Crippen LogP contribution is -2.22. The fraction of sp³-hybridized carbons (Fsp3) is 0.429. The molecule has 0 bridgehead atoms. The van der Waals surface area contributed by atoms with Crippen molar-refractivity contribution < 1.29 is 9.59 Å². The number of nitrogens with zero attached hydrogens (tertiary/aromatic N) is 1. The van der Waals surface area contributed by atoms with E-state index in [1.807, 2.05) is 31.4 Å². The van der Waals surface area contributed by atoms with Crippen molar-refractivity contribution in [2.75, 3.05) is 17.2 Å². The Hall–Kier alpha value is -1.84. The predicted octanol–water partition coefficient (Wildman–Crippen LogP) is 2.21. The monoisotopic (exact) mass is 247 g/mol. The molecule has 0 spiro atoms. The summed E-state index contributed by atoms with van der Waals surface area (Å²) < 4.78 is 0. The molecule has 0 aliphatic rings. The molecule has 0 unspecified atom stereocenters. The van der Waals surface area contributed by atoms with Crippen LogP contribution >= 0.6 is 0 Å². The van der Waals surface area contributed by atoms with Gasteiger partial charge in [0.05, 0.1) is 0 Å². The van der Waals surface area contributed by atoms with E-state index in [-0.39, 0.29) is 0 Å². The summed E-state index contributed by atoms with van der Waals surface area (Å²) in [4.78, 5) is 22.7. The van der Waals surface area contributed by atoms with Crippen LogP contribution in [-0.2, 0) is 9.59 Å². The molecule has 1 amide bonds. The molecule has 97 valence electrons. The van der Waals surface area contributed by atoms with Gasteiger partial charge in [-0.15, -0.1) is 0 Å². The molecule has 0 saturated carbocycles. The highest BCUT2D eigenvalue weighted by Crippen LogP contribution is 2.20. The van der Waals surface area contributed by atoms with E-state index in [4.69, 9.17) is 5.73 Å². The highest BCUT2D eigenvalue weighted by molar-refractivity contribution is 5.77. The Morgan fingerprint density at radius 1 is 1.33 bits per heavy atom. The highest BCUT2D eigenvalue weighted by atomic mass is 16.1. The lowest BCUT2D eigenvalue weighted by Gasteiger charge is -2.18. The number of unbranched alkanes of at least 4 members (excludes halogenated alkanes) is 3. The van der Waals surface area contributed by atoms with Gasteiger partial charge in [-0.25, -0.2) is 0 Å². The molecule has 0 atom stereocenters. The lowest BCUT2D eigenvalue weighted by molar-refractivity contribution is -0.107. The van der Waals surface area contributed by atoms with Gasteiger partial charge >= 0.3 is 0 Å². The maximum atomic E-state index is 11.0. The minimum absolute atomic E-state index is 0.471. The zero-order chi connectivity index (χ0) is 13.4. The lowest BCUT2D eigenvalue weighted by atomic mass is 10.1. The van der Waals surface area contributed by atoms with Gasteiger partial charge in [0, 0.05) is 24.3 Å². The van der Waals surface area contributed by atoms with E-state index in [2.05, 4.69) is 0 Å². The van der Waals surface area contributed by atoms with Crippen LogP contribution in [0.2, 0.25) is 0 Å². The number of hydrogen-bond acceptors (Lipinski definition) is 3. The minimum Gasteiger partial charge on any atom is -0.398 e. The third-order valence-corrected chi connectivity index (χ3v) is 2.90. The van der Waals surface area contributed by atoms with E-state index in [0.29, 0.717) is 18.7 Å². The Morgan fingerprint density at radius 3 is 2.72 bits per heavy atom. The zero-order valence-electron chi connectivity index (χ0n) is 10.7. The Kier molecular flexibility index (Phi) is 5.91. The van der Waals surface area contributed by atoms with E-state index in [1.165, 1.54) is 0 Å². The van der Waals surface area contributed by atoms with Crippen molar-refractivity contribution in [2.24, 2.45) is 0 Å². The second-order valence-electron chi connectivity index (χ2n) is 4.29. The van der Waals surface area contributed by atoms with Crippen LogP contribution in [-0.4, -0.2) is 19.2 Å². The summed E-state index contributed by atoms with van der Waals surface area (Å²) in [6, 6.07) is 5.60. The van der Waals surface area contributed by atoms with Gasteiger partial charge in [-0.2, -0.15) is 0 Å².